The molecule has 0 aromatic heterocycles. The monoisotopic (exact) mass is 182 g/mol. The zero-order valence-corrected chi connectivity index (χ0v) is 8.42. The average Bonchev–Trinajstić information content (AvgIpc) is 2.05. The van der Waals surface area contributed by atoms with Gasteiger partial charge in [-0.3, -0.25) is 0 Å². The van der Waals surface area contributed by atoms with Crippen LogP contribution >= 0.6 is 0 Å². The van der Waals surface area contributed by atoms with Crippen LogP contribution in [0.4, 0.5) is 0 Å². The number of rotatable bonds is 3. The van der Waals surface area contributed by atoms with Crippen LogP contribution in [0.5, 0.6) is 0 Å². The lowest BCUT2D eigenvalue weighted by Crippen LogP contribution is -2.16. The Morgan fingerprint density at radius 2 is 2.08 bits per heavy atom. The smallest absolute Gasteiger partial charge is 0.350 e. The number of hydrogen-bond acceptors (Lipinski definition) is 4. The molecule has 0 bridgehead atoms. The van der Waals surface area contributed by atoms with Gasteiger partial charge in [0.05, 0.1) is 6.61 Å². The highest BCUT2D eigenvalue weighted by molar-refractivity contribution is 5.93. The van der Waals surface area contributed by atoms with Gasteiger partial charge in [-0.1, -0.05) is 0 Å². The van der Waals surface area contributed by atoms with E-state index in [4.69, 9.17) is 10.00 Å². The van der Waals surface area contributed by atoms with E-state index in [1.165, 1.54) is 0 Å². The highest BCUT2D eigenvalue weighted by Crippen LogP contribution is 2.07. The Morgan fingerprint density at radius 3 is 2.38 bits per heavy atom. The molecule has 0 saturated carbocycles. The molecule has 0 atom stereocenters. The van der Waals surface area contributed by atoms with Crippen molar-refractivity contribution < 1.29 is 9.53 Å². The molecular weight excluding hydrogens is 168 g/mol. The van der Waals surface area contributed by atoms with E-state index in [-0.39, 0.29) is 12.2 Å². The van der Waals surface area contributed by atoms with Gasteiger partial charge in [0.1, 0.15) is 6.07 Å². The standard InChI is InChI=1S/C9H14N2O2/c1-5-13-9(12)8(6-10)7(2)11(3)4/h5H2,1-4H3/b8-7-. The summed E-state index contributed by atoms with van der Waals surface area (Å²) in [6.07, 6.45) is 0. The second-order valence-electron chi connectivity index (χ2n) is 2.69. The highest BCUT2D eigenvalue weighted by Gasteiger charge is 2.14. The van der Waals surface area contributed by atoms with Crippen molar-refractivity contribution >= 4 is 5.97 Å². The highest BCUT2D eigenvalue weighted by atomic mass is 16.5. The van der Waals surface area contributed by atoms with Crippen molar-refractivity contribution in [3.05, 3.63) is 11.3 Å². The van der Waals surface area contributed by atoms with Crippen LogP contribution in [-0.2, 0) is 9.53 Å². The Bertz CT molecular complexity index is 261. The van der Waals surface area contributed by atoms with E-state index in [2.05, 4.69) is 0 Å². The van der Waals surface area contributed by atoms with Crippen LogP contribution in [0.15, 0.2) is 11.3 Å². The Balaban J connectivity index is 4.80. The van der Waals surface area contributed by atoms with Gasteiger partial charge in [-0.05, 0) is 13.8 Å². The fraction of sp³-hybridized carbons (Fsp3) is 0.556. The lowest BCUT2D eigenvalue weighted by Gasteiger charge is -2.13. The van der Waals surface area contributed by atoms with Crippen molar-refractivity contribution in [3.63, 3.8) is 0 Å². The average molecular weight is 182 g/mol. The van der Waals surface area contributed by atoms with Gasteiger partial charge in [0, 0.05) is 19.8 Å². The van der Waals surface area contributed by atoms with E-state index < -0.39 is 5.97 Å². The summed E-state index contributed by atoms with van der Waals surface area (Å²) in [5.74, 6) is -0.559. The lowest BCUT2D eigenvalue weighted by atomic mass is 10.2. The Labute approximate surface area is 78.4 Å². The normalized spacial score (nSPS) is 11.3. The number of esters is 1. The summed E-state index contributed by atoms with van der Waals surface area (Å²) in [5, 5.41) is 8.71. The van der Waals surface area contributed by atoms with Crippen LogP contribution in [0.1, 0.15) is 13.8 Å². The largest absolute Gasteiger partial charge is 0.462 e. The molecule has 4 heteroatoms. The van der Waals surface area contributed by atoms with E-state index in [1.807, 2.05) is 6.07 Å². The zero-order chi connectivity index (χ0) is 10.4. The van der Waals surface area contributed by atoms with Gasteiger partial charge >= 0.3 is 5.97 Å². The number of carbonyl (C=O) groups excluding carboxylic acids is 1. The van der Waals surface area contributed by atoms with Crippen LogP contribution in [0.2, 0.25) is 0 Å². The molecular formula is C9H14N2O2. The number of nitriles is 1. The topological polar surface area (TPSA) is 53.3 Å². The van der Waals surface area contributed by atoms with E-state index in [0.717, 1.165) is 0 Å². The summed E-state index contributed by atoms with van der Waals surface area (Å²) in [7, 11) is 3.54. The number of carbonyl (C=O) groups is 1. The molecule has 0 unspecified atom stereocenters. The van der Waals surface area contributed by atoms with Crippen molar-refractivity contribution in [1.82, 2.24) is 4.90 Å². The van der Waals surface area contributed by atoms with Gasteiger partial charge in [0.2, 0.25) is 0 Å². The molecule has 0 aliphatic carbocycles. The number of ether oxygens (including phenoxy) is 1. The Kier molecular flexibility index (Phi) is 4.60. The molecule has 0 radical (unpaired) electrons. The summed E-state index contributed by atoms with van der Waals surface area (Å²) in [6.45, 7) is 3.69. The van der Waals surface area contributed by atoms with Crippen LogP contribution in [-0.4, -0.2) is 31.6 Å². The molecule has 0 aliphatic heterocycles. The van der Waals surface area contributed by atoms with Crippen molar-refractivity contribution in [2.24, 2.45) is 0 Å². The first-order valence-corrected chi connectivity index (χ1v) is 4.00. The predicted molar refractivity (Wildman–Crippen MR) is 48.6 cm³/mol. The number of nitrogens with zero attached hydrogens (tertiary/aromatic N) is 2. The molecule has 0 heterocycles. The van der Waals surface area contributed by atoms with Gasteiger partial charge < -0.3 is 9.64 Å². The third-order valence-corrected chi connectivity index (χ3v) is 1.62. The minimum atomic E-state index is -0.559. The molecule has 0 aliphatic rings. The molecule has 0 amide bonds. The minimum absolute atomic E-state index is 0.0619. The first-order valence-electron chi connectivity index (χ1n) is 4.00. The van der Waals surface area contributed by atoms with Crippen LogP contribution in [0.25, 0.3) is 0 Å². The molecule has 0 N–H and O–H groups in total. The Morgan fingerprint density at radius 1 is 1.54 bits per heavy atom. The molecule has 4 nitrogen and oxygen atoms in total. The molecule has 0 fully saturated rings. The van der Waals surface area contributed by atoms with E-state index in [0.29, 0.717) is 5.70 Å². The Hall–Kier alpha value is -1.50. The maximum Gasteiger partial charge on any atom is 0.350 e. The van der Waals surface area contributed by atoms with Gasteiger partial charge in [-0.25, -0.2) is 4.79 Å². The third-order valence-electron chi connectivity index (χ3n) is 1.62. The first kappa shape index (κ1) is 11.5. The molecule has 72 valence electrons. The van der Waals surface area contributed by atoms with Crippen LogP contribution in [0.3, 0.4) is 0 Å². The van der Waals surface area contributed by atoms with Crippen LogP contribution < -0.4 is 0 Å². The van der Waals surface area contributed by atoms with Crippen molar-refractivity contribution in [2.45, 2.75) is 13.8 Å². The summed E-state index contributed by atoms with van der Waals surface area (Å²) >= 11 is 0. The summed E-state index contributed by atoms with van der Waals surface area (Å²) < 4.78 is 4.72. The van der Waals surface area contributed by atoms with E-state index >= 15 is 0 Å². The maximum atomic E-state index is 11.2. The summed E-state index contributed by atoms with van der Waals surface area (Å²) in [6, 6.07) is 1.83. The molecule has 0 aromatic carbocycles. The van der Waals surface area contributed by atoms with Crippen molar-refractivity contribution in [1.29, 1.82) is 5.26 Å². The summed E-state index contributed by atoms with van der Waals surface area (Å²) in [4.78, 5) is 12.9. The molecule has 0 aromatic rings. The van der Waals surface area contributed by atoms with Gasteiger partial charge in [0.25, 0.3) is 0 Å². The predicted octanol–water partition coefficient (Wildman–Crippen LogP) is 0.909. The second kappa shape index (κ2) is 5.20. The van der Waals surface area contributed by atoms with Crippen molar-refractivity contribution in [2.75, 3.05) is 20.7 Å². The SMILES string of the molecule is CCOC(=O)/C(C#N)=C(/C)N(C)C. The zero-order valence-electron chi connectivity index (χ0n) is 8.42. The molecule has 0 spiro atoms. The van der Waals surface area contributed by atoms with Gasteiger partial charge in [0.15, 0.2) is 5.57 Å². The second-order valence-corrected chi connectivity index (χ2v) is 2.69. The van der Waals surface area contributed by atoms with E-state index in [1.54, 1.807) is 32.8 Å². The van der Waals surface area contributed by atoms with Gasteiger partial charge in [-0.15, -0.1) is 0 Å². The number of allylic oxidation sites excluding steroid dienone is 1. The summed E-state index contributed by atoms with van der Waals surface area (Å²) in [5.41, 5.74) is 0.674. The van der Waals surface area contributed by atoms with Gasteiger partial charge in [-0.2, -0.15) is 5.26 Å². The number of hydrogen-bond donors (Lipinski definition) is 0. The lowest BCUT2D eigenvalue weighted by molar-refractivity contribution is -0.138. The molecule has 0 rings (SSSR count). The molecule has 13 heavy (non-hydrogen) atoms. The fourth-order valence-corrected chi connectivity index (χ4v) is 0.701. The quantitative estimate of drug-likeness (QED) is 0.370. The fourth-order valence-electron chi connectivity index (χ4n) is 0.701. The maximum absolute atomic E-state index is 11.2. The van der Waals surface area contributed by atoms with Crippen molar-refractivity contribution in [3.8, 4) is 6.07 Å². The minimum Gasteiger partial charge on any atom is -0.462 e. The van der Waals surface area contributed by atoms with Crippen LogP contribution in [0, 0.1) is 11.3 Å². The van der Waals surface area contributed by atoms with E-state index in [9.17, 15) is 4.79 Å². The first-order chi connectivity index (χ1) is 6.04. The third kappa shape index (κ3) is 3.16. The molecule has 0 saturated heterocycles.